The highest BCUT2D eigenvalue weighted by atomic mass is 35.5. The fraction of sp³-hybridized carbons (Fsp3) is 0.409. The molecular formula is C22H26ClN3O3. The molecule has 1 aliphatic carbocycles. The zero-order valence-corrected chi connectivity index (χ0v) is 16.9. The Hall–Kier alpha value is -2.60. The number of nitrogens with zero attached hydrogens (tertiary/aromatic N) is 1. The first-order valence-electron chi connectivity index (χ1n) is 9.94. The van der Waals surface area contributed by atoms with E-state index in [-0.39, 0.29) is 17.7 Å². The zero-order valence-electron chi connectivity index (χ0n) is 16.2. The first kappa shape index (κ1) is 21.1. The summed E-state index contributed by atoms with van der Waals surface area (Å²) in [6.45, 7) is 0.914. The first-order chi connectivity index (χ1) is 14.0. The van der Waals surface area contributed by atoms with Gasteiger partial charge >= 0.3 is 6.09 Å². The molecule has 0 radical (unpaired) electrons. The minimum Gasteiger partial charge on any atom is -0.465 e. The van der Waals surface area contributed by atoms with Gasteiger partial charge in [-0.3, -0.25) is 9.78 Å². The fourth-order valence-electron chi connectivity index (χ4n) is 3.90. The molecule has 1 atom stereocenters. The van der Waals surface area contributed by atoms with Crippen LogP contribution in [0.1, 0.15) is 42.9 Å². The summed E-state index contributed by atoms with van der Waals surface area (Å²) in [5.74, 6) is 0.259. The average molecular weight is 416 g/mol. The van der Waals surface area contributed by atoms with E-state index in [1.165, 1.54) is 0 Å². The molecule has 29 heavy (non-hydrogen) atoms. The molecule has 0 saturated heterocycles. The maximum Gasteiger partial charge on any atom is 0.404 e. The van der Waals surface area contributed by atoms with Crippen LogP contribution in [0.5, 0.6) is 0 Å². The van der Waals surface area contributed by atoms with E-state index in [4.69, 9.17) is 16.7 Å². The molecule has 3 N–H and O–H groups in total. The first-order valence-corrected chi connectivity index (χ1v) is 10.3. The second-order valence-corrected chi connectivity index (χ2v) is 7.95. The molecule has 1 aliphatic rings. The molecule has 1 aromatic heterocycles. The van der Waals surface area contributed by atoms with Crippen LogP contribution in [0.4, 0.5) is 4.79 Å². The molecule has 1 unspecified atom stereocenters. The van der Waals surface area contributed by atoms with Gasteiger partial charge in [0.2, 0.25) is 5.91 Å². The molecule has 7 heteroatoms. The number of carbonyl (C=O) groups excluding carboxylic acids is 1. The molecule has 2 amide bonds. The molecule has 1 aromatic carbocycles. The summed E-state index contributed by atoms with van der Waals surface area (Å²) in [5, 5.41) is 14.9. The topological polar surface area (TPSA) is 91.3 Å². The Labute approximate surface area is 175 Å². The Kier molecular flexibility index (Phi) is 7.47. The summed E-state index contributed by atoms with van der Waals surface area (Å²) in [6, 6.07) is 13.5. The van der Waals surface area contributed by atoms with Crippen molar-refractivity contribution in [1.82, 2.24) is 15.6 Å². The minimum absolute atomic E-state index is 0.0279. The Bertz CT molecular complexity index is 823. The van der Waals surface area contributed by atoms with Gasteiger partial charge in [0.1, 0.15) is 0 Å². The smallest absolute Gasteiger partial charge is 0.404 e. The minimum atomic E-state index is -0.994. The number of halogens is 1. The largest absolute Gasteiger partial charge is 0.465 e. The molecule has 0 aliphatic heterocycles. The third-order valence-corrected chi connectivity index (χ3v) is 5.78. The summed E-state index contributed by atoms with van der Waals surface area (Å²) in [6.07, 6.45) is 3.97. The Morgan fingerprint density at radius 3 is 2.48 bits per heavy atom. The summed E-state index contributed by atoms with van der Waals surface area (Å²) in [7, 11) is 0. The number of nitrogens with one attached hydrogen (secondary N) is 2. The average Bonchev–Trinajstić information content (AvgIpc) is 2.73. The van der Waals surface area contributed by atoms with E-state index in [1.807, 2.05) is 36.4 Å². The van der Waals surface area contributed by atoms with Crippen molar-refractivity contribution in [3.05, 3.63) is 64.9 Å². The van der Waals surface area contributed by atoms with E-state index in [0.717, 1.165) is 36.9 Å². The summed E-state index contributed by atoms with van der Waals surface area (Å²) < 4.78 is 0. The molecular weight excluding hydrogens is 390 g/mol. The third-order valence-electron chi connectivity index (χ3n) is 5.54. The van der Waals surface area contributed by atoms with Crippen molar-refractivity contribution in [2.45, 2.75) is 31.6 Å². The Morgan fingerprint density at radius 1 is 1.10 bits per heavy atom. The van der Waals surface area contributed by atoms with Crippen LogP contribution in [0.25, 0.3) is 0 Å². The van der Waals surface area contributed by atoms with Gasteiger partial charge < -0.3 is 15.7 Å². The zero-order chi connectivity index (χ0) is 20.6. The van der Waals surface area contributed by atoms with E-state index >= 15 is 0 Å². The SMILES string of the molecule is O=C(O)NCC1CCC(C(=O)NCC(c2ccccc2)c2cc(Cl)ccn2)CC1. The van der Waals surface area contributed by atoms with Gasteiger partial charge in [-0.2, -0.15) is 0 Å². The number of pyridine rings is 1. The van der Waals surface area contributed by atoms with Gasteiger partial charge in [0.15, 0.2) is 0 Å². The highest BCUT2D eigenvalue weighted by molar-refractivity contribution is 6.30. The van der Waals surface area contributed by atoms with Crippen molar-refractivity contribution in [2.75, 3.05) is 13.1 Å². The van der Waals surface area contributed by atoms with Gasteiger partial charge in [0, 0.05) is 36.1 Å². The lowest BCUT2D eigenvalue weighted by atomic mass is 9.81. The molecule has 2 aromatic rings. The van der Waals surface area contributed by atoms with Crippen molar-refractivity contribution < 1.29 is 14.7 Å². The van der Waals surface area contributed by atoms with E-state index in [9.17, 15) is 9.59 Å². The second-order valence-electron chi connectivity index (χ2n) is 7.51. The quantitative estimate of drug-likeness (QED) is 0.636. The molecule has 0 spiro atoms. The van der Waals surface area contributed by atoms with E-state index in [0.29, 0.717) is 24.0 Å². The molecule has 1 fully saturated rings. The molecule has 1 heterocycles. The fourth-order valence-corrected chi connectivity index (χ4v) is 4.07. The molecule has 1 saturated carbocycles. The number of hydrogen-bond donors (Lipinski definition) is 3. The van der Waals surface area contributed by atoms with Crippen LogP contribution in [0.2, 0.25) is 5.02 Å². The van der Waals surface area contributed by atoms with Gasteiger partial charge in [-0.15, -0.1) is 0 Å². The van der Waals surface area contributed by atoms with Crippen LogP contribution < -0.4 is 10.6 Å². The number of amides is 2. The predicted octanol–water partition coefficient (Wildman–Crippen LogP) is 4.06. The number of aromatic nitrogens is 1. The van der Waals surface area contributed by atoms with Gasteiger partial charge in [-0.05, 0) is 49.3 Å². The number of carboxylic acid groups (broad SMARTS) is 1. The number of benzene rings is 1. The van der Waals surface area contributed by atoms with Crippen molar-refractivity contribution in [1.29, 1.82) is 0 Å². The monoisotopic (exact) mass is 415 g/mol. The lowest BCUT2D eigenvalue weighted by molar-refractivity contribution is -0.126. The van der Waals surface area contributed by atoms with Crippen LogP contribution in [0.15, 0.2) is 48.7 Å². The van der Waals surface area contributed by atoms with Crippen molar-refractivity contribution >= 4 is 23.6 Å². The maximum absolute atomic E-state index is 12.7. The van der Waals surface area contributed by atoms with Crippen molar-refractivity contribution in [2.24, 2.45) is 11.8 Å². The van der Waals surface area contributed by atoms with Gasteiger partial charge in [-0.1, -0.05) is 41.9 Å². The highest BCUT2D eigenvalue weighted by Gasteiger charge is 2.27. The number of hydrogen-bond acceptors (Lipinski definition) is 3. The summed E-state index contributed by atoms with van der Waals surface area (Å²) in [5.41, 5.74) is 1.90. The standard InChI is InChI=1S/C22H26ClN3O3/c23-18-10-11-24-20(12-18)19(16-4-2-1-3-5-16)14-25-21(27)17-8-6-15(7-9-17)13-26-22(28)29/h1-5,10-12,15,17,19,26H,6-9,13-14H2,(H,25,27)(H,28,29). The molecule has 6 nitrogen and oxygen atoms in total. The van der Waals surface area contributed by atoms with Crippen LogP contribution in [-0.2, 0) is 4.79 Å². The van der Waals surface area contributed by atoms with Crippen molar-refractivity contribution in [3.63, 3.8) is 0 Å². The van der Waals surface area contributed by atoms with Gasteiger partial charge in [0.25, 0.3) is 0 Å². The van der Waals surface area contributed by atoms with E-state index in [1.54, 1.807) is 12.3 Å². The van der Waals surface area contributed by atoms with Crippen LogP contribution in [-0.4, -0.2) is 35.2 Å². The van der Waals surface area contributed by atoms with Crippen molar-refractivity contribution in [3.8, 4) is 0 Å². The van der Waals surface area contributed by atoms with E-state index in [2.05, 4.69) is 15.6 Å². The summed E-state index contributed by atoms with van der Waals surface area (Å²) in [4.78, 5) is 27.8. The number of carbonyl (C=O) groups is 2. The Balaban J connectivity index is 1.58. The van der Waals surface area contributed by atoms with Gasteiger partial charge in [-0.25, -0.2) is 4.79 Å². The molecule has 0 bridgehead atoms. The van der Waals surface area contributed by atoms with Crippen LogP contribution >= 0.6 is 11.6 Å². The lowest BCUT2D eigenvalue weighted by Crippen LogP contribution is -2.37. The van der Waals surface area contributed by atoms with Crippen LogP contribution in [0.3, 0.4) is 0 Å². The molecule has 154 valence electrons. The van der Waals surface area contributed by atoms with Gasteiger partial charge in [0.05, 0.1) is 5.69 Å². The Morgan fingerprint density at radius 2 is 1.83 bits per heavy atom. The lowest BCUT2D eigenvalue weighted by Gasteiger charge is -2.28. The predicted molar refractivity (Wildman–Crippen MR) is 112 cm³/mol. The highest BCUT2D eigenvalue weighted by Crippen LogP contribution is 2.29. The third kappa shape index (κ3) is 6.19. The van der Waals surface area contributed by atoms with Crippen LogP contribution in [0, 0.1) is 11.8 Å². The normalized spacial score (nSPS) is 19.9. The second kappa shape index (κ2) is 10.3. The summed E-state index contributed by atoms with van der Waals surface area (Å²) >= 11 is 6.15. The number of rotatable bonds is 7. The maximum atomic E-state index is 12.7. The van der Waals surface area contributed by atoms with E-state index < -0.39 is 6.09 Å². The molecule has 3 rings (SSSR count).